The molecule has 0 aliphatic heterocycles. The zero-order valence-electron chi connectivity index (χ0n) is 21.2. The van der Waals surface area contributed by atoms with E-state index in [1.54, 1.807) is 18.2 Å². The summed E-state index contributed by atoms with van der Waals surface area (Å²) in [5.74, 6) is -0.851. The molecule has 2 aromatic carbocycles. The van der Waals surface area contributed by atoms with Crippen molar-refractivity contribution in [2.75, 3.05) is 17.1 Å². The summed E-state index contributed by atoms with van der Waals surface area (Å²) >= 11 is 24.6. The maximum Gasteiger partial charge on any atom is 0.244 e. The fraction of sp³-hybridized carbons (Fsp3) is 0.462. The van der Waals surface area contributed by atoms with Gasteiger partial charge in [0.2, 0.25) is 21.8 Å². The Bertz CT molecular complexity index is 1270. The number of sulfonamides is 1. The van der Waals surface area contributed by atoms with Crippen LogP contribution in [0.15, 0.2) is 36.4 Å². The maximum absolute atomic E-state index is 13.8. The van der Waals surface area contributed by atoms with Crippen molar-refractivity contribution >= 4 is 73.9 Å². The number of hydrogen-bond acceptors (Lipinski definition) is 4. The molecule has 0 heterocycles. The van der Waals surface area contributed by atoms with Crippen LogP contribution >= 0.6 is 46.4 Å². The van der Waals surface area contributed by atoms with E-state index in [1.165, 1.54) is 23.1 Å². The number of nitrogens with one attached hydrogen (secondary N) is 1. The summed E-state index contributed by atoms with van der Waals surface area (Å²) < 4.78 is 26.4. The third-order valence-electron chi connectivity index (χ3n) is 6.56. The summed E-state index contributed by atoms with van der Waals surface area (Å²) in [6, 6.07) is 8.40. The van der Waals surface area contributed by atoms with Crippen molar-refractivity contribution in [3.05, 3.63) is 62.1 Å². The van der Waals surface area contributed by atoms with Crippen molar-refractivity contribution in [3.8, 4) is 0 Å². The molecule has 0 unspecified atom stereocenters. The van der Waals surface area contributed by atoms with Crippen LogP contribution in [0, 0.1) is 0 Å². The predicted molar refractivity (Wildman–Crippen MR) is 155 cm³/mol. The van der Waals surface area contributed by atoms with E-state index in [1.807, 2.05) is 6.92 Å². The third-order valence-corrected chi connectivity index (χ3v) is 9.03. The third kappa shape index (κ3) is 8.15. The van der Waals surface area contributed by atoms with Crippen LogP contribution in [0.4, 0.5) is 5.69 Å². The number of hydrogen-bond donors (Lipinski definition) is 1. The van der Waals surface area contributed by atoms with Gasteiger partial charge in [0, 0.05) is 22.6 Å². The first-order valence-corrected chi connectivity index (χ1v) is 15.7. The predicted octanol–water partition coefficient (Wildman–Crippen LogP) is 6.32. The van der Waals surface area contributed by atoms with Gasteiger partial charge in [0.1, 0.15) is 12.6 Å². The Morgan fingerprint density at radius 3 is 2.24 bits per heavy atom. The largest absolute Gasteiger partial charge is 0.352 e. The van der Waals surface area contributed by atoms with Gasteiger partial charge in [0.05, 0.1) is 22.0 Å². The van der Waals surface area contributed by atoms with Crippen LogP contribution in [0.25, 0.3) is 0 Å². The number of carbonyl (C=O) groups is 2. The number of nitrogens with zero attached hydrogens (tertiary/aromatic N) is 2. The van der Waals surface area contributed by atoms with Gasteiger partial charge in [-0.15, -0.1) is 0 Å². The van der Waals surface area contributed by atoms with Crippen LogP contribution in [0.1, 0.15) is 51.0 Å². The highest BCUT2D eigenvalue weighted by atomic mass is 35.5. The molecule has 0 radical (unpaired) electrons. The number of halogens is 4. The molecule has 1 atom stereocenters. The van der Waals surface area contributed by atoms with Gasteiger partial charge >= 0.3 is 0 Å². The minimum atomic E-state index is -3.90. The molecule has 0 saturated heterocycles. The van der Waals surface area contributed by atoms with Crippen LogP contribution in [0.5, 0.6) is 0 Å². The number of amides is 2. The minimum absolute atomic E-state index is 0.00952. The molecule has 38 heavy (non-hydrogen) atoms. The lowest BCUT2D eigenvalue weighted by Crippen LogP contribution is -2.54. The highest BCUT2D eigenvalue weighted by molar-refractivity contribution is 7.92. The van der Waals surface area contributed by atoms with E-state index >= 15 is 0 Å². The number of benzene rings is 2. The van der Waals surface area contributed by atoms with Crippen LogP contribution in [0.2, 0.25) is 20.1 Å². The Labute approximate surface area is 244 Å². The average molecular weight is 623 g/mol. The fourth-order valence-corrected chi connectivity index (χ4v) is 6.15. The van der Waals surface area contributed by atoms with E-state index in [0.717, 1.165) is 42.7 Å². The lowest BCUT2D eigenvalue weighted by atomic mass is 9.95. The van der Waals surface area contributed by atoms with Gasteiger partial charge in [-0.05, 0) is 55.2 Å². The highest BCUT2D eigenvalue weighted by Crippen LogP contribution is 2.29. The molecule has 1 N–H and O–H groups in total. The second-order valence-electron chi connectivity index (χ2n) is 9.39. The molecule has 0 spiro atoms. The van der Waals surface area contributed by atoms with Gasteiger partial charge in [0.15, 0.2) is 0 Å². The van der Waals surface area contributed by atoms with Crippen molar-refractivity contribution in [2.45, 2.75) is 64.1 Å². The van der Waals surface area contributed by atoms with Gasteiger partial charge < -0.3 is 10.2 Å². The molecule has 3 rings (SSSR count). The zero-order valence-corrected chi connectivity index (χ0v) is 25.1. The first kappa shape index (κ1) is 30.8. The van der Waals surface area contributed by atoms with E-state index in [-0.39, 0.29) is 34.2 Å². The average Bonchev–Trinajstić information content (AvgIpc) is 2.85. The molecule has 0 aromatic heterocycles. The summed E-state index contributed by atoms with van der Waals surface area (Å²) in [7, 11) is -3.90. The second-order valence-corrected chi connectivity index (χ2v) is 13.0. The van der Waals surface area contributed by atoms with Gasteiger partial charge in [-0.25, -0.2) is 8.42 Å². The molecule has 12 heteroatoms. The molecule has 1 aliphatic carbocycles. The molecule has 2 aromatic rings. The molecule has 1 fully saturated rings. The number of carbonyl (C=O) groups excluding carboxylic acids is 2. The summed E-state index contributed by atoms with van der Waals surface area (Å²) in [6.07, 6.45) is 6.31. The van der Waals surface area contributed by atoms with Gasteiger partial charge in [-0.1, -0.05) is 78.7 Å². The Balaban J connectivity index is 1.95. The standard InChI is InChI=1S/C26H31Cl4N3O4S/c1-3-24(26(35)31-19-7-5-4-6-8-19)32(15-17-9-10-18(27)13-22(17)29)25(34)16-33(38(2,36)37)20-11-12-21(28)23(30)14-20/h9-14,19,24H,3-8,15-16H2,1-2H3,(H,31,35)/t24-/m1/s1. The molecular weight excluding hydrogens is 592 g/mol. The summed E-state index contributed by atoms with van der Waals surface area (Å²) in [4.78, 5) is 28.6. The fourth-order valence-electron chi connectivity index (χ4n) is 4.55. The van der Waals surface area contributed by atoms with Crippen molar-refractivity contribution in [1.82, 2.24) is 10.2 Å². The summed E-state index contributed by atoms with van der Waals surface area (Å²) in [6.45, 7) is 1.25. The number of rotatable bonds is 10. The van der Waals surface area contributed by atoms with Crippen molar-refractivity contribution < 1.29 is 18.0 Å². The molecule has 7 nitrogen and oxygen atoms in total. The summed E-state index contributed by atoms with van der Waals surface area (Å²) in [5.41, 5.74) is 0.758. The molecule has 208 valence electrons. The van der Waals surface area contributed by atoms with E-state index in [0.29, 0.717) is 22.0 Å². The monoisotopic (exact) mass is 621 g/mol. The molecular formula is C26H31Cl4N3O4S. The lowest BCUT2D eigenvalue weighted by molar-refractivity contribution is -0.140. The normalized spacial score (nSPS) is 15.1. The smallest absolute Gasteiger partial charge is 0.244 e. The van der Waals surface area contributed by atoms with E-state index < -0.39 is 28.5 Å². The van der Waals surface area contributed by atoms with Gasteiger partial charge in [-0.3, -0.25) is 13.9 Å². The lowest BCUT2D eigenvalue weighted by Gasteiger charge is -2.34. The molecule has 1 aliphatic rings. The van der Waals surface area contributed by atoms with Crippen molar-refractivity contribution in [3.63, 3.8) is 0 Å². The van der Waals surface area contributed by atoms with Crippen LogP contribution < -0.4 is 9.62 Å². The van der Waals surface area contributed by atoms with E-state index in [4.69, 9.17) is 46.4 Å². The molecule has 0 bridgehead atoms. The zero-order chi connectivity index (χ0) is 28.0. The summed E-state index contributed by atoms with van der Waals surface area (Å²) in [5, 5.41) is 4.26. The van der Waals surface area contributed by atoms with Gasteiger partial charge in [0.25, 0.3) is 0 Å². The Morgan fingerprint density at radius 1 is 0.974 bits per heavy atom. The van der Waals surface area contributed by atoms with Gasteiger partial charge in [-0.2, -0.15) is 0 Å². The van der Waals surface area contributed by atoms with E-state index in [2.05, 4.69) is 5.32 Å². The SMILES string of the molecule is CC[C@H](C(=O)NC1CCCCC1)N(Cc1ccc(Cl)cc1Cl)C(=O)CN(c1ccc(Cl)c(Cl)c1)S(C)(=O)=O. The first-order chi connectivity index (χ1) is 17.9. The first-order valence-electron chi connectivity index (χ1n) is 12.4. The Morgan fingerprint density at radius 2 is 1.66 bits per heavy atom. The van der Waals surface area contributed by atoms with Crippen molar-refractivity contribution in [1.29, 1.82) is 0 Å². The number of anilines is 1. The highest BCUT2D eigenvalue weighted by Gasteiger charge is 2.33. The Kier molecular flexibility index (Phi) is 11.0. The van der Waals surface area contributed by atoms with Crippen LogP contribution in [0.3, 0.4) is 0 Å². The Hall–Kier alpha value is -1.71. The minimum Gasteiger partial charge on any atom is -0.352 e. The second kappa shape index (κ2) is 13.6. The van der Waals surface area contributed by atoms with Crippen LogP contribution in [-0.2, 0) is 26.2 Å². The van der Waals surface area contributed by atoms with Crippen molar-refractivity contribution in [2.24, 2.45) is 0 Å². The van der Waals surface area contributed by atoms with Crippen LogP contribution in [-0.4, -0.2) is 50.0 Å². The quantitative estimate of drug-likeness (QED) is 0.336. The van der Waals surface area contributed by atoms with E-state index in [9.17, 15) is 18.0 Å². The topological polar surface area (TPSA) is 86.8 Å². The molecule has 1 saturated carbocycles. The molecule has 2 amide bonds. The maximum atomic E-state index is 13.8.